The number of aliphatic imine (C=N–C) groups is 1. The fourth-order valence-electron chi connectivity index (χ4n) is 2.97. The fraction of sp³-hybridized carbons (Fsp3) is 0.765. The van der Waals surface area contributed by atoms with E-state index in [1.54, 1.807) is 7.05 Å². The number of nitrogens with zero attached hydrogens (tertiary/aromatic N) is 3. The normalized spacial score (nSPS) is 17.5. The van der Waals surface area contributed by atoms with Gasteiger partial charge in [0.15, 0.2) is 5.96 Å². The van der Waals surface area contributed by atoms with E-state index in [9.17, 15) is 0 Å². The van der Waals surface area contributed by atoms with E-state index in [2.05, 4.69) is 32.4 Å². The van der Waals surface area contributed by atoms with Gasteiger partial charge < -0.3 is 20.0 Å². The van der Waals surface area contributed by atoms with Crippen molar-refractivity contribution in [3.63, 3.8) is 0 Å². The standard InChI is InChI=1S/C17H31N5O/c1-5-8-22-9-6-15(7-10-22)11-19-17(18-4)20-12-16-21-13(2)14(3)23-16/h15H,5-12H2,1-4H3,(H2,18,19,20). The van der Waals surface area contributed by atoms with Crippen LogP contribution in [0.2, 0.25) is 0 Å². The van der Waals surface area contributed by atoms with E-state index in [0.29, 0.717) is 12.4 Å². The molecule has 1 aromatic heterocycles. The molecule has 130 valence electrons. The summed E-state index contributed by atoms with van der Waals surface area (Å²) in [6.07, 6.45) is 3.78. The molecule has 6 heteroatoms. The molecule has 0 unspecified atom stereocenters. The summed E-state index contributed by atoms with van der Waals surface area (Å²) in [4.78, 5) is 11.2. The van der Waals surface area contributed by atoms with Crippen LogP contribution in [0.1, 0.15) is 43.5 Å². The number of likely N-dealkylation sites (tertiary alicyclic amines) is 1. The first-order valence-electron chi connectivity index (χ1n) is 8.72. The molecule has 1 aliphatic rings. The zero-order valence-electron chi connectivity index (χ0n) is 15.0. The zero-order chi connectivity index (χ0) is 16.7. The monoisotopic (exact) mass is 321 g/mol. The highest BCUT2D eigenvalue weighted by Crippen LogP contribution is 2.16. The van der Waals surface area contributed by atoms with Crippen molar-refractivity contribution in [2.24, 2.45) is 10.9 Å². The van der Waals surface area contributed by atoms with Crippen molar-refractivity contribution in [2.75, 3.05) is 33.2 Å². The van der Waals surface area contributed by atoms with E-state index < -0.39 is 0 Å². The van der Waals surface area contributed by atoms with Gasteiger partial charge in [0.05, 0.1) is 12.2 Å². The Balaban J connectivity index is 1.69. The van der Waals surface area contributed by atoms with Crippen molar-refractivity contribution in [1.82, 2.24) is 20.5 Å². The predicted molar refractivity (Wildman–Crippen MR) is 93.6 cm³/mol. The number of piperidine rings is 1. The first kappa shape index (κ1) is 17.8. The van der Waals surface area contributed by atoms with Crippen LogP contribution in [-0.2, 0) is 6.54 Å². The van der Waals surface area contributed by atoms with Crippen LogP contribution in [0.25, 0.3) is 0 Å². The lowest BCUT2D eigenvalue weighted by atomic mass is 9.97. The summed E-state index contributed by atoms with van der Waals surface area (Å²) >= 11 is 0. The average Bonchev–Trinajstić information content (AvgIpc) is 2.87. The smallest absolute Gasteiger partial charge is 0.214 e. The third-order valence-electron chi connectivity index (χ3n) is 4.51. The van der Waals surface area contributed by atoms with Gasteiger partial charge in [-0.15, -0.1) is 0 Å². The maximum Gasteiger partial charge on any atom is 0.214 e. The second kappa shape index (κ2) is 8.91. The lowest BCUT2D eigenvalue weighted by Crippen LogP contribution is -2.42. The van der Waals surface area contributed by atoms with Crippen LogP contribution in [0.4, 0.5) is 0 Å². The molecule has 0 saturated carbocycles. The van der Waals surface area contributed by atoms with Gasteiger partial charge >= 0.3 is 0 Å². The predicted octanol–water partition coefficient (Wildman–Crippen LogP) is 2.08. The van der Waals surface area contributed by atoms with Crippen molar-refractivity contribution < 1.29 is 4.42 Å². The quantitative estimate of drug-likeness (QED) is 0.620. The average molecular weight is 321 g/mol. The van der Waals surface area contributed by atoms with Crippen LogP contribution >= 0.6 is 0 Å². The molecule has 1 aromatic rings. The van der Waals surface area contributed by atoms with Crippen molar-refractivity contribution in [3.8, 4) is 0 Å². The number of aromatic nitrogens is 1. The van der Waals surface area contributed by atoms with Crippen molar-refractivity contribution in [3.05, 3.63) is 17.3 Å². The number of guanidine groups is 1. The molecule has 0 bridgehead atoms. The summed E-state index contributed by atoms with van der Waals surface area (Å²) in [5.74, 6) is 3.13. The Bertz CT molecular complexity index is 484. The molecule has 0 spiro atoms. The van der Waals surface area contributed by atoms with E-state index in [0.717, 1.165) is 29.9 Å². The van der Waals surface area contributed by atoms with Gasteiger partial charge in [0.25, 0.3) is 0 Å². The highest BCUT2D eigenvalue weighted by atomic mass is 16.4. The molecule has 1 saturated heterocycles. The van der Waals surface area contributed by atoms with Gasteiger partial charge in [0.2, 0.25) is 5.89 Å². The number of aryl methyl sites for hydroxylation is 2. The second-order valence-electron chi connectivity index (χ2n) is 6.34. The van der Waals surface area contributed by atoms with E-state index in [1.807, 2.05) is 13.8 Å². The second-order valence-corrected chi connectivity index (χ2v) is 6.34. The summed E-state index contributed by atoms with van der Waals surface area (Å²) in [5.41, 5.74) is 0.948. The molecule has 1 aliphatic heterocycles. The first-order valence-corrected chi connectivity index (χ1v) is 8.72. The van der Waals surface area contributed by atoms with E-state index >= 15 is 0 Å². The van der Waals surface area contributed by atoms with Gasteiger partial charge in [-0.3, -0.25) is 4.99 Å². The maximum atomic E-state index is 5.58. The van der Waals surface area contributed by atoms with Gasteiger partial charge in [0, 0.05) is 13.6 Å². The molecule has 1 fully saturated rings. The van der Waals surface area contributed by atoms with E-state index in [4.69, 9.17) is 4.42 Å². The summed E-state index contributed by atoms with van der Waals surface area (Å²) in [5, 5.41) is 6.70. The molecule has 23 heavy (non-hydrogen) atoms. The fourth-order valence-corrected chi connectivity index (χ4v) is 2.97. The molecule has 0 aromatic carbocycles. The Morgan fingerprint density at radius 2 is 2.04 bits per heavy atom. The molecule has 2 N–H and O–H groups in total. The molecule has 0 aliphatic carbocycles. The van der Waals surface area contributed by atoms with Gasteiger partial charge in [0.1, 0.15) is 5.76 Å². The van der Waals surface area contributed by atoms with E-state index in [-0.39, 0.29) is 0 Å². The Labute approximate surface area is 139 Å². The van der Waals surface area contributed by atoms with Gasteiger partial charge in [-0.1, -0.05) is 6.92 Å². The third-order valence-corrected chi connectivity index (χ3v) is 4.51. The van der Waals surface area contributed by atoms with E-state index in [1.165, 1.54) is 38.9 Å². The van der Waals surface area contributed by atoms with Crippen molar-refractivity contribution >= 4 is 5.96 Å². The van der Waals surface area contributed by atoms with Crippen LogP contribution in [0.3, 0.4) is 0 Å². The number of nitrogens with one attached hydrogen (secondary N) is 2. The number of hydrogen-bond donors (Lipinski definition) is 2. The highest BCUT2D eigenvalue weighted by Gasteiger charge is 2.18. The number of hydrogen-bond acceptors (Lipinski definition) is 4. The largest absolute Gasteiger partial charge is 0.444 e. The zero-order valence-corrected chi connectivity index (χ0v) is 15.0. The van der Waals surface area contributed by atoms with Crippen LogP contribution in [0.15, 0.2) is 9.41 Å². The van der Waals surface area contributed by atoms with Crippen LogP contribution < -0.4 is 10.6 Å². The molecule has 0 radical (unpaired) electrons. The Hall–Kier alpha value is -1.56. The summed E-state index contributed by atoms with van der Waals surface area (Å²) in [7, 11) is 1.80. The Morgan fingerprint density at radius 1 is 1.30 bits per heavy atom. The molecule has 0 atom stereocenters. The molecular weight excluding hydrogens is 290 g/mol. The van der Waals surface area contributed by atoms with Crippen molar-refractivity contribution in [1.29, 1.82) is 0 Å². The first-order chi connectivity index (χ1) is 11.1. The lowest BCUT2D eigenvalue weighted by molar-refractivity contribution is 0.185. The minimum Gasteiger partial charge on any atom is -0.444 e. The minimum atomic E-state index is 0.559. The van der Waals surface area contributed by atoms with Gasteiger partial charge in [-0.05, 0) is 58.7 Å². The van der Waals surface area contributed by atoms with Gasteiger partial charge in [-0.25, -0.2) is 4.98 Å². The third kappa shape index (κ3) is 5.53. The molecule has 2 heterocycles. The number of oxazole rings is 1. The summed E-state index contributed by atoms with van der Waals surface area (Å²) in [6.45, 7) is 11.4. The highest BCUT2D eigenvalue weighted by molar-refractivity contribution is 5.79. The lowest BCUT2D eigenvalue weighted by Gasteiger charge is -2.32. The molecular formula is C17H31N5O. The molecule has 2 rings (SSSR count). The van der Waals surface area contributed by atoms with Gasteiger partial charge in [-0.2, -0.15) is 0 Å². The van der Waals surface area contributed by atoms with Crippen LogP contribution in [0.5, 0.6) is 0 Å². The summed E-state index contributed by atoms with van der Waals surface area (Å²) < 4.78 is 5.58. The molecule has 0 amide bonds. The molecule has 6 nitrogen and oxygen atoms in total. The van der Waals surface area contributed by atoms with Crippen LogP contribution in [-0.4, -0.2) is 49.1 Å². The van der Waals surface area contributed by atoms with Crippen LogP contribution in [0, 0.1) is 19.8 Å². The Morgan fingerprint density at radius 3 is 2.61 bits per heavy atom. The SMILES string of the molecule is CCCN1CCC(CNC(=NC)NCc2nc(C)c(C)o2)CC1. The van der Waals surface area contributed by atoms with Crippen molar-refractivity contribution in [2.45, 2.75) is 46.6 Å². The summed E-state index contributed by atoms with van der Waals surface area (Å²) in [6, 6.07) is 0. The Kier molecular flexibility index (Phi) is 6.89. The minimum absolute atomic E-state index is 0.559. The topological polar surface area (TPSA) is 65.7 Å². The maximum absolute atomic E-state index is 5.58. The number of rotatable bonds is 6.